The maximum absolute atomic E-state index is 11.4. The lowest BCUT2D eigenvalue weighted by Gasteiger charge is -2.04. The Kier molecular flexibility index (Phi) is 5.35. The number of aliphatic hydroxyl groups excluding tert-OH is 1. The van der Waals surface area contributed by atoms with E-state index in [1.54, 1.807) is 12.3 Å². The molecule has 0 aliphatic carbocycles. The molecule has 0 radical (unpaired) electrons. The van der Waals surface area contributed by atoms with Crippen molar-refractivity contribution >= 4 is 11.7 Å². The first-order valence-electron chi connectivity index (χ1n) is 5.39. The number of unbranched alkanes of at least 4 members (excludes halogenated alkanes) is 2. The lowest BCUT2D eigenvalue weighted by Crippen LogP contribution is -2.28. The normalized spacial score (nSPS) is 10.3. The number of nitrogen functional groups attached to an aromatic ring is 1. The largest absolute Gasteiger partial charge is 0.396 e. The van der Waals surface area contributed by atoms with Gasteiger partial charge in [-0.3, -0.25) is 9.48 Å². The Labute approximate surface area is 94.4 Å². The molecule has 0 aromatic carbocycles. The highest BCUT2D eigenvalue weighted by atomic mass is 16.2. The zero-order chi connectivity index (χ0) is 11.8. The van der Waals surface area contributed by atoms with Crippen LogP contribution in [0.3, 0.4) is 0 Å². The number of hydrogen-bond donors (Lipinski definition) is 3. The van der Waals surface area contributed by atoms with E-state index in [0.29, 0.717) is 12.4 Å². The van der Waals surface area contributed by atoms with Crippen molar-refractivity contribution in [3.05, 3.63) is 12.3 Å². The van der Waals surface area contributed by atoms with E-state index in [4.69, 9.17) is 10.8 Å². The molecule has 0 atom stereocenters. The fourth-order valence-electron chi connectivity index (χ4n) is 1.31. The Morgan fingerprint density at radius 3 is 2.94 bits per heavy atom. The van der Waals surface area contributed by atoms with Crippen molar-refractivity contribution < 1.29 is 9.90 Å². The number of amides is 1. The zero-order valence-corrected chi connectivity index (χ0v) is 9.22. The monoisotopic (exact) mass is 226 g/mol. The fraction of sp³-hybridized carbons (Fsp3) is 0.600. The highest BCUT2D eigenvalue weighted by Crippen LogP contribution is 1.95. The van der Waals surface area contributed by atoms with Gasteiger partial charge in [-0.25, -0.2) is 0 Å². The summed E-state index contributed by atoms with van der Waals surface area (Å²) in [6.45, 7) is 1.04. The molecular weight excluding hydrogens is 208 g/mol. The molecule has 1 heterocycles. The molecule has 0 saturated carbocycles. The Balaban J connectivity index is 2.11. The van der Waals surface area contributed by atoms with Crippen LogP contribution in [0.25, 0.3) is 0 Å². The molecule has 1 rings (SSSR count). The van der Waals surface area contributed by atoms with Crippen molar-refractivity contribution in [3.8, 4) is 0 Å². The third kappa shape index (κ3) is 4.79. The van der Waals surface area contributed by atoms with Crippen LogP contribution in [0.15, 0.2) is 12.3 Å². The minimum atomic E-state index is -0.0768. The van der Waals surface area contributed by atoms with Crippen LogP contribution in [0.4, 0.5) is 5.82 Å². The maximum atomic E-state index is 11.4. The van der Waals surface area contributed by atoms with Crippen molar-refractivity contribution in [2.24, 2.45) is 0 Å². The first-order chi connectivity index (χ1) is 7.72. The molecule has 0 saturated heterocycles. The number of nitrogens with one attached hydrogen (secondary N) is 1. The van der Waals surface area contributed by atoms with Crippen LogP contribution in [0, 0.1) is 0 Å². The minimum absolute atomic E-state index is 0.0768. The Bertz CT molecular complexity index is 324. The molecule has 0 unspecified atom stereocenters. The molecule has 16 heavy (non-hydrogen) atoms. The van der Waals surface area contributed by atoms with Gasteiger partial charge in [0.15, 0.2) is 0 Å². The first-order valence-corrected chi connectivity index (χ1v) is 5.39. The molecule has 0 aliphatic heterocycles. The van der Waals surface area contributed by atoms with Crippen molar-refractivity contribution in [2.75, 3.05) is 18.9 Å². The van der Waals surface area contributed by atoms with Gasteiger partial charge in [-0.2, -0.15) is 5.10 Å². The maximum Gasteiger partial charge on any atom is 0.241 e. The topological polar surface area (TPSA) is 93.2 Å². The predicted molar refractivity (Wildman–Crippen MR) is 60.6 cm³/mol. The summed E-state index contributed by atoms with van der Waals surface area (Å²) >= 11 is 0. The summed E-state index contributed by atoms with van der Waals surface area (Å²) in [5.74, 6) is 0.336. The van der Waals surface area contributed by atoms with Gasteiger partial charge in [0.1, 0.15) is 12.4 Å². The van der Waals surface area contributed by atoms with Crippen LogP contribution in [0.1, 0.15) is 19.3 Å². The predicted octanol–water partition coefficient (Wildman–Crippen LogP) is -0.256. The van der Waals surface area contributed by atoms with Gasteiger partial charge in [0.25, 0.3) is 0 Å². The minimum Gasteiger partial charge on any atom is -0.396 e. The van der Waals surface area contributed by atoms with Crippen molar-refractivity contribution in [1.29, 1.82) is 0 Å². The summed E-state index contributed by atoms with van der Waals surface area (Å²) in [5.41, 5.74) is 5.42. The second-order valence-corrected chi connectivity index (χ2v) is 3.57. The summed E-state index contributed by atoms with van der Waals surface area (Å²) in [5, 5.41) is 15.2. The van der Waals surface area contributed by atoms with E-state index in [0.717, 1.165) is 19.3 Å². The van der Waals surface area contributed by atoms with Gasteiger partial charge in [0, 0.05) is 19.3 Å². The third-order valence-electron chi connectivity index (χ3n) is 2.12. The third-order valence-corrected chi connectivity index (χ3v) is 2.12. The smallest absolute Gasteiger partial charge is 0.241 e. The second kappa shape index (κ2) is 6.84. The SMILES string of the molecule is Nc1ccn(CC(=O)NCCCCCO)n1. The number of nitrogens with two attached hydrogens (primary N) is 1. The average molecular weight is 226 g/mol. The second-order valence-electron chi connectivity index (χ2n) is 3.57. The number of carbonyl (C=O) groups is 1. The van der Waals surface area contributed by atoms with Gasteiger partial charge in [-0.1, -0.05) is 0 Å². The summed E-state index contributed by atoms with van der Waals surface area (Å²) in [7, 11) is 0. The van der Waals surface area contributed by atoms with E-state index in [1.807, 2.05) is 0 Å². The van der Waals surface area contributed by atoms with Gasteiger partial charge in [-0.15, -0.1) is 0 Å². The number of carbonyl (C=O) groups excluding carboxylic acids is 1. The van der Waals surface area contributed by atoms with Crippen molar-refractivity contribution in [1.82, 2.24) is 15.1 Å². The molecule has 0 fully saturated rings. The van der Waals surface area contributed by atoms with Crippen LogP contribution in [-0.4, -0.2) is 33.9 Å². The van der Waals surface area contributed by atoms with E-state index in [9.17, 15) is 4.79 Å². The highest BCUT2D eigenvalue weighted by molar-refractivity contribution is 5.75. The van der Waals surface area contributed by atoms with Gasteiger partial charge in [-0.05, 0) is 25.3 Å². The molecule has 0 spiro atoms. The summed E-state index contributed by atoms with van der Waals surface area (Å²) in [6, 6.07) is 1.65. The molecule has 0 bridgehead atoms. The zero-order valence-electron chi connectivity index (χ0n) is 9.22. The summed E-state index contributed by atoms with van der Waals surface area (Å²) < 4.78 is 1.50. The lowest BCUT2D eigenvalue weighted by molar-refractivity contribution is -0.121. The molecule has 90 valence electrons. The van der Waals surface area contributed by atoms with Crippen LogP contribution < -0.4 is 11.1 Å². The molecule has 6 heteroatoms. The number of aromatic nitrogens is 2. The van der Waals surface area contributed by atoms with E-state index in [-0.39, 0.29) is 19.1 Å². The van der Waals surface area contributed by atoms with Gasteiger partial charge >= 0.3 is 0 Å². The van der Waals surface area contributed by atoms with E-state index >= 15 is 0 Å². The molecular formula is C10H18N4O2. The molecule has 4 N–H and O–H groups in total. The summed E-state index contributed by atoms with van der Waals surface area (Å²) in [4.78, 5) is 11.4. The van der Waals surface area contributed by atoms with Gasteiger partial charge < -0.3 is 16.2 Å². The Morgan fingerprint density at radius 1 is 1.50 bits per heavy atom. The number of anilines is 1. The number of nitrogens with zero attached hydrogens (tertiary/aromatic N) is 2. The van der Waals surface area contributed by atoms with Crippen LogP contribution >= 0.6 is 0 Å². The summed E-state index contributed by atoms with van der Waals surface area (Å²) in [6.07, 6.45) is 4.26. The number of rotatable bonds is 7. The molecule has 6 nitrogen and oxygen atoms in total. The highest BCUT2D eigenvalue weighted by Gasteiger charge is 2.02. The lowest BCUT2D eigenvalue weighted by atomic mass is 10.2. The van der Waals surface area contributed by atoms with Gasteiger partial charge in [0.2, 0.25) is 5.91 Å². The van der Waals surface area contributed by atoms with Crippen LogP contribution in [0.2, 0.25) is 0 Å². The molecule has 1 aromatic heterocycles. The first kappa shape index (κ1) is 12.5. The average Bonchev–Trinajstić information content (AvgIpc) is 2.63. The Hall–Kier alpha value is -1.56. The van der Waals surface area contributed by atoms with Crippen molar-refractivity contribution in [3.63, 3.8) is 0 Å². The van der Waals surface area contributed by atoms with E-state index in [2.05, 4.69) is 10.4 Å². The van der Waals surface area contributed by atoms with Crippen LogP contribution in [-0.2, 0) is 11.3 Å². The van der Waals surface area contributed by atoms with E-state index in [1.165, 1.54) is 4.68 Å². The van der Waals surface area contributed by atoms with Crippen LogP contribution in [0.5, 0.6) is 0 Å². The molecule has 1 amide bonds. The Morgan fingerprint density at radius 2 is 2.31 bits per heavy atom. The molecule has 0 aliphatic rings. The van der Waals surface area contributed by atoms with E-state index < -0.39 is 0 Å². The number of aliphatic hydroxyl groups is 1. The van der Waals surface area contributed by atoms with Gasteiger partial charge in [0.05, 0.1) is 0 Å². The fourth-order valence-corrected chi connectivity index (χ4v) is 1.31. The number of hydrogen-bond acceptors (Lipinski definition) is 4. The molecule has 1 aromatic rings. The van der Waals surface area contributed by atoms with Crippen molar-refractivity contribution in [2.45, 2.75) is 25.8 Å². The standard InChI is InChI=1S/C10H18N4O2/c11-9-4-6-14(13-9)8-10(16)12-5-2-1-3-7-15/h4,6,15H,1-3,5,7-8H2,(H2,11,13)(H,12,16). The quantitative estimate of drug-likeness (QED) is 0.559.